The lowest BCUT2D eigenvalue weighted by Gasteiger charge is -2.14. The Bertz CT molecular complexity index is 3280. The van der Waals surface area contributed by atoms with E-state index in [1.807, 2.05) is 136 Å². The van der Waals surface area contributed by atoms with Gasteiger partial charge in [-0.25, -0.2) is 29.9 Å². The Morgan fingerprint density at radius 1 is 0.507 bits per heavy atom. The second-order valence-corrected chi connectivity index (χ2v) is 16.0. The molecule has 0 radical (unpaired) electrons. The molecule has 0 saturated carbocycles. The SMILES string of the molecule is CCOc1ccc(Cc2cc(-c3ccccc3OC)ncn2)cc1Cn1cnc2ccccc21.CCOc1ccc(N)cc1Cn1cnc2ccccc21.COc1ccccc1-c1cc(Cl)ncn1. The van der Waals surface area contributed by atoms with Gasteiger partial charge in [0.05, 0.1) is 86.6 Å². The van der Waals surface area contributed by atoms with Crippen molar-refractivity contribution in [3.63, 3.8) is 0 Å². The van der Waals surface area contributed by atoms with Gasteiger partial charge in [0.25, 0.3) is 0 Å². The summed E-state index contributed by atoms with van der Waals surface area (Å²) in [7, 11) is 3.30. The Morgan fingerprint density at radius 3 is 1.58 bits per heavy atom. The van der Waals surface area contributed by atoms with Crippen molar-refractivity contribution in [3.05, 3.63) is 198 Å². The monoisotopic (exact) mass is 937 g/mol. The van der Waals surface area contributed by atoms with Crippen LogP contribution >= 0.6 is 11.6 Å². The van der Waals surface area contributed by atoms with Gasteiger partial charge in [0.15, 0.2) is 0 Å². The summed E-state index contributed by atoms with van der Waals surface area (Å²) < 4.78 is 26.6. The molecule has 0 unspecified atom stereocenters. The predicted octanol–water partition coefficient (Wildman–Crippen LogP) is 11.4. The standard InChI is InChI=1S/C28H26N4O2.C16H17N3O.C11H9ClN2O/c1-3-34-27-13-12-20(14-21(27)17-32-19-31-24-9-5-6-10-26(24)32)15-22-16-25(30-18-29-22)23-8-4-7-11-28(23)33-2;1-2-20-16-8-7-13(17)9-12(16)10-19-11-18-14-5-3-4-6-15(14)19;1-15-10-5-3-2-4-8(10)9-6-11(12)14-7-13-9/h4-14,16,18-19H,3,15,17H2,1-2H3;3-9,11H,2,10,17H2,1H3;2-7H,1H3. The fourth-order valence-electron chi connectivity index (χ4n) is 7.87. The molecule has 6 aromatic carbocycles. The van der Waals surface area contributed by atoms with Crippen LogP contribution in [0.3, 0.4) is 0 Å². The van der Waals surface area contributed by atoms with Gasteiger partial charge in [-0.2, -0.15) is 0 Å². The minimum absolute atomic E-state index is 0.422. The quantitative estimate of drug-likeness (QED) is 0.0820. The molecule has 348 valence electrons. The normalized spacial score (nSPS) is 10.7. The average molecular weight is 939 g/mol. The van der Waals surface area contributed by atoms with Crippen molar-refractivity contribution in [1.82, 2.24) is 39.0 Å². The molecule has 14 heteroatoms. The van der Waals surface area contributed by atoms with Crippen molar-refractivity contribution in [2.45, 2.75) is 33.4 Å². The minimum atomic E-state index is 0.422. The van der Waals surface area contributed by atoms with Crippen LogP contribution in [0.25, 0.3) is 44.6 Å². The number of benzene rings is 6. The number of hydrogen-bond acceptors (Lipinski definition) is 11. The molecule has 2 N–H and O–H groups in total. The summed E-state index contributed by atoms with van der Waals surface area (Å²) in [5.41, 5.74) is 18.6. The largest absolute Gasteiger partial charge is 0.496 e. The molecule has 0 aliphatic rings. The van der Waals surface area contributed by atoms with Crippen molar-refractivity contribution in [3.8, 4) is 45.5 Å². The summed E-state index contributed by atoms with van der Waals surface area (Å²) in [4.78, 5) is 25.9. The van der Waals surface area contributed by atoms with Crippen LogP contribution in [0, 0.1) is 0 Å². The summed E-state index contributed by atoms with van der Waals surface area (Å²) in [5, 5.41) is 0.422. The van der Waals surface area contributed by atoms with E-state index in [-0.39, 0.29) is 0 Å². The summed E-state index contributed by atoms with van der Waals surface area (Å²) in [6, 6.07) is 47.6. The fourth-order valence-corrected chi connectivity index (χ4v) is 8.01. The molecule has 4 heterocycles. The van der Waals surface area contributed by atoms with Gasteiger partial charge in [-0.05, 0) is 104 Å². The molecule has 0 amide bonds. The molecular weight excluding hydrogens is 886 g/mol. The number of para-hydroxylation sites is 6. The average Bonchev–Trinajstić information content (AvgIpc) is 3.99. The Balaban J connectivity index is 0.000000155. The minimum Gasteiger partial charge on any atom is -0.496 e. The van der Waals surface area contributed by atoms with Gasteiger partial charge < -0.3 is 33.8 Å². The van der Waals surface area contributed by atoms with Crippen LogP contribution in [0.5, 0.6) is 23.0 Å². The molecular formula is C55H52ClN9O4. The van der Waals surface area contributed by atoms with E-state index in [0.29, 0.717) is 37.9 Å². The number of methoxy groups -OCH3 is 2. The van der Waals surface area contributed by atoms with Crippen molar-refractivity contribution in [2.24, 2.45) is 0 Å². The van der Waals surface area contributed by atoms with Gasteiger partial charge in [0.2, 0.25) is 0 Å². The van der Waals surface area contributed by atoms with Crippen LogP contribution < -0.4 is 24.7 Å². The van der Waals surface area contributed by atoms with Gasteiger partial charge in [-0.15, -0.1) is 0 Å². The molecule has 13 nitrogen and oxygen atoms in total. The second kappa shape index (κ2) is 22.9. The van der Waals surface area contributed by atoms with E-state index in [1.165, 1.54) is 6.33 Å². The van der Waals surface area contributed by atoms with Crippen LogP contribution in [0.15, 0.2) is 171 Å². The first-order chi connectivity index (χ1) is 33.8. The fraction of sp³-hybridized carbons (Fsp3) is 0.164. The molecule has 4 aromatic heterocycles. The maximum absolute atomic E-state index is 5.93. The highest BCUT2D eigenvalue weighted by molar-refractivity contribution is 6.29. The highest BCUT2D eigenvalue weighted by Crippen LogP contribution is 2.31. The number of fused-ring (bicyclic) bond motifs is 2. The number of aromatic nitrogens is 8. The molecule has 0 spiro atoms. The summed E-state index contributed by atoms with van der Waals surface area (Å²) >= 11 is 5.80. The summed E-state index contributed by atoms with van der Waals surface area (Å²) in [6.45, 7) is 6.62. The Kier molecular flexibility index (Phi) is 15.7. The number of imidazole rings is 2. The zero-order chi connectivity index (χ0) is 48.0. The first-order valence-electron chi connectivity index (χ1n) is 22.4. The smallest absolute Gasteiger partial charge is 0.133 e. The lowest BCUT2D eigenvalue weighted by molar-refractivity contribution is 0.335. The van der Waals surface area contributed by atoms with Gasteiger partial charge in [0.1, 0.15) is 40.8 Å². The lowest BCUT2D eigenvalue weighted by atomic mass is 10.0. The molecule has 10 aromatic rings. The first-order valence-corrected chi connectivity index (χ1v) is 22.8. The van der Waals surface area contributed by atoms with Crippen LogP contribution in [0.2, 0.25) is 5.15 Å². The third-order valence-corrected chi connectivity index (χ3v) is 11.3. The van der Waals surface area contributed by atoms with E-state index in [2.05, 4.69) is 69.4 Å². The van der Waals surface area contributed by atoms with E-state index < -0.39 is 0 Å². The number of hydrogen-bond donors (Lipinski definition) is 1. The van der Waals surface area contributed by atoms with E-state index in [9.17, 15) is 0 Å². The number of nitrogen functional groups attached to an aromatic ring is 1. The summed E-state index contributed by atoms with van der Waals surface area (Å²) in [5.74, 6) is 3.33. The lowest BCUT2D eigenvalue weighted by Crippen LogP contribution is -2.04. The molecule has 0 aliphatic heterocycles. The zero-order valence-electron chi connectivity index (χ0n) is 38.9. The number of anilines is 1. The Labute approximate surface area is 406 Å². The third-order valence-electron chi connectivity index (χ3n) is 11.1. The van der Waals surface area contributed by atoms with Gasteiger partial charge >= 0.3 is 0 Å². The maximum atomic E-state index is 5.93. The van der Waals surface area contributed by atoms with Crippen LogP contribution in [-0.2, 0) is 19.5 Å². The molecule has 0 atom stereocenters. The van der Waals surface area contributed by atoms with Crippen molar-refractivity contribution >= 4 is 39.4 Å². The van der Waals surface area contributed by atoms with E-state index >= 15 is 0 Å². The number of nitrogens with zero attached hydrogens (tertiary/aromatic N) is 8. The highest BCUT2D eigenvalue weighted by atomic mass is 35.5. The third kappa shape index (κ3) is 11.8. The molecule has 69 heavy (non-hydrogen) atoms. The van der Waals surface area contributed by atoms with E-state index in [0.717, 1.165) is 95.7 Å². The van der Waals surface area contributed by atoms with E-state index in [4.69, 9.17) is 36.3 Å². The number of ether oxygens (including phenoxy) is 4. The van der Waals surface area contributed by atoms with Crippen molar-refractivity contribution in [2.75, 3.05) is 33.2 Å². The second-order valence-electron chi connectivity index (χ2n) is 15.6. The number of nitrogens with two attached hydrogens (primary N) is 1. The molecule has 0 saturated heterocycles. The topological polar surface area (TPSA) is 150 Å². The van der Waals surface area contributed by atoms with Crippen LogP contribution in [0.1, 0.15) is 36.2 Å². The van der Waals surface area contributed by atoms with Gasteiger partial charge in [-0.1, -0.05) is 66.2 Å². The molecule has 10 rings (SSSR count). The van der Waals surface area contributed by atoms with Crippen LogP contribution in [0.4, 0.5) is 5.69 Å². The molecule has 0 fully saturated rings. The molecule has 0 bridgehead atoms. The van der Waals surface area contributed by atoms with E-state index in [1.54, 1.807) is 26.6 Å². The van der Waals surface area contributed by atoms with Crippen LogP contribution in [-0.4, -0.2) is 66.5 Å². The Hall–Kier alpha value is -8.29. The Morgan fingerprint density at radius 2 is 1.01 bits per heavy atom. The first kappa shape index (κ1) is 47.2. The summed E-state index contributed by atoms with van der Waals surface area (Å²) in [6.07, 6.45) is 7.48. The van der Waals surface area contributed by atoms with Crippen molar-refractivity contribution < 1.29 is 18.9 Å². The predicted molar refractivity (Wildman–Crippen MR) is 273 cm³/mol. The molecule has 0 aliphatic carbocycles. The van der Waals surface area contributed by atoms with Gasteiger partial charge in [-0.3, -0.25) is 0 Å². The highest BCUT2D eigenvalue weighted by Gasteiger charge is 2.13. The maximum Gasteiger partial charge on any atom is 0.133 e. The number of rotatable bonds is 14. The number of halogens is 1. The van der Waals surface area contributed by atoms with Gasteiger partial charge in [0, 0.05) is 46.1 Å². The van der Waals surface area contributed by atoms with Crippen molar-refractivity contribution in [1.29, 1.82) is 0 Å². The zero-order valence-corrected chi connectivity index (χ0v) is 39.6.